The van der Waals surface area contributed by atoms with Crippen LogP contribution in [-0.4, -0.2) is 11.8 Å². The first-order valence-electron chi connectivity index (χ1n) is 5.05. The maximum atomic E-state index is 11.1. The van der Waals surface area contributed by atoms with Gasteiger partial charge in [-0.3, -0.25) is 14.9 Å². The summed E-state index contributed by atoms with van der Waals surface area (Å²) in [5, 5.41) is 2.29. The molecule has 2 aliphatic carbocycles. The van der Waals surface area contributed by atoms with Crippen LogP contribution >= 0.6 is 0 Å². The molecule has 1 N–H and O–H groups in total. The average molecular weight is 191 g/mol. The van der Waals surface area contributed by atoms with E-state index < -0.39 is 0 Å². The van der Waals surface area contributed by atoms with Crippen molar-refractivity contribution in [1.82, 2.24) is 5.32 Å². The molecule has 2 unspecified atom stereocenters. The van der Waals surface area contributed by atoms with Crippen molar-refractivity contribution in [3.8, 4) is 0 Å². The molecule has 3 aliphatic rings. The normalized spacial score (nSPS) is 31.6. The Morgan fingerprint density at radius 1 is 1.07 bits per heavy atom. The maximum absolute atomic E-state index is 11.1. The van der Waals surface area contributed by atoms with E-state index in [2.05, 4.69) is 5.32 Å². The third-order valence-corrected chi connectivity index (χ3v) is 2.66. The van der Waals surface area contributed by atoms with Gasteiger partial charge in [-0.25, -0.2) is 0 Å². The van der Waals surface area contributed by atoms with Crippen molar-refractivity contribution in [1.29, 1.82) is 0 Å². The standard InChI is InChI=1S/C9H7NO2.C2H6/c11-8-6-2-4-1-5(4)3-7(6)9(12)10-8;1-2/h2-5H,1H2,(H,10,11,12);1-2H3. The molecule has 3 heteroatoms. The Kier molecular flexibility index (Phi) is 2.02. The molecule has 0 bridgehead atoms. The minimum absolute atomic E-state index is 0.225. The first-order valence-corrected chi connectivity index (χ1v) is 5.05. The number of allylic oxidation sites excluding steroid dienone is 2. The monoisotopic (exact) mass is 191 g/mol. The van der Waals surface area contributed by atoms with E-state index in [1.54, 1.807) is 0 Å². The second kappa shape index (κ2) is 3.08. The molecule has 3 nitrogen and oxygen atoms in total. The largest absolute Gasteiger partial charge is 0.288 e. The van der Waals surface area contributed by atoms with Gasteiger partial charge in [-0.1, -0.05) is 26.0 Å². The Morgan fingerprint density at radius 3 is 1.93 bits per heavy atom. The van der Waals surface area contributed by atoms with Gasteiger partial charge >= 0.3 is 0 Å². The van der Waals surface area contributed by atoms with Crippen molar-refractivity contribution >= 4 is 11.8 Å². The number of carbonyl (C=O) groups excluding carboxylic acids is 2. The lowest BCUT2D eigenvalue weighted by Gasteiger charge is -2.00. The molecule has 3 rings (SSSR count). The number of carbonyl (C=O) groups is 2. The Bertz CT molecular complexity index is 331. The van der Waals surface area contributed by atoms with E-state index in [0.717, 1.165) is 6.42 Å². The van der Waals surface area contributed by atoms with Crippen LogP contribution in [0, 0.1) is 11.8 Å². The molecule has 74 valence electrons. The highest BCUT2D eigenvalue weighted by atomic mass is 16.2. The highest BCUT2D eigenvalue weighted by Gasteiger charge is 2.43. The number of rotatable bonds is 0. The lowest BCUT2D eigenvalue weighted by molar-refractivity contribution is -0.123. The second-order valence-electron chi connectivity index (χ2n) is 3.51. The molecule has 0 aromatic carbocycles. The molecule has 0 aromatic rings. The fourth-order valence-corrected chi connectivity index (χ4v) is 1.86. The van der Waals surface area contributed by atoms with Gasteiger partial charge in [0.1, 0.15) is 0 Å². The van der Waals surface area contributed by atoms with E-state index in [1.807, 2.05) is 26.0 Å². The van der Waals surface area contributed by atoms with Gasteiger partial charge in [-0.15, -0.1) is 0 Å². The number of amides is 2. The Hall–Kier alpha value is -1.38. The summed E-state index contributed by atoms with van der Waals surface area (Å²) in [6.07, 6.45) is 4.97. The fraction of sp³-hybridized carbons (Fsp3) is 0.455. The van der Waals surface area contributed by atoms with Crippen molar-refractivity contribution < 1.29 is 9.59 Å². The predicted molar refractivity (Wildman–Crippen MR) is 52.3 cm³/mol. The third kappa shape index (κ3) is 1.20. The van der Waals surface area contributed by atoms with E-state index in [1.165, 1.54) is 0 Å². The molecule has 14 heavy (non-hydrogen) atoms. The molecule has 1 heterocycles. The fourth-order valence-electron chi connectivity index (χ4n) is 1.86. The van der Waals surface area contributed by atoms with Gasteiger partial charge in [0.25, 0.3) is 11.8 Å². The van der Waals surface area contributed by atoms with Crippen LogP contribution in [0.5, 0.6) is 0 Å². The molecule has 0 radical (unpaired) electrons. The molecule has 0 spiro atoms. The molecule has 1 saturated carbocycles. The van der Waals surface area contributed by atoms with Gasteiger partial charge in [0.05, 0.1) is 0 Å². The lowest BCUT2D eigenvalue weighted by Crippen LogP contribution is -2.19. The topological polar surface area (TPSA) is 46.2 Å². The van der Waals surface area contributed by atoms with E-state index in [4.69, 9.17) is 0 Å². The van der Waals surface area contributed by atoms with E-state index in [9.17, 15) is 9.59 Å². The molecule has 2 amide bonds. The number of imide groups is 1. The van der Waals surface area contributed by atoms with Crippen LogP contribution in [0.15, 0.2) is 23.3 Å². The van der Waals surface area contributed by atoms with E-state index >= 15 is 0 Å². The summed E-state index contributed by atoms with van der Waals surface area (Å²) in [5.74, 6) is 0.606. The van der Waals surface area contributed by atoms with E-state index in [-0.39, 0.29) is 11.8 Å². The summed E-state index contributed by atoms with van der Waals surface area (Å²) < 4.78 is 0. The van der Waals surface area contributed by atoms with Gasteiger partial charge in [-0.2, -0.15) is 0 Å². The van der Waals surface area contributed by atoms with Crippen LogP contribution in [-0.2, 0) is 9.59 Å². The zero-order valence-electron chi connectivity index (χ0n) is 8.33. The number of fused-ring (bicyclic) bond motifs is 2. The minimum Gasteiger partial charge on any atom is -0.288 e. The van der Waals surface area contributed by atoms with Crippen LogP contribution in [0.25, 0.3) is 0 Å². The highest BCUT2D eigenvalue weighted by molar-refractivity contribution is 6.24. The number of hydrogen-bond acceptors (Lipinski definition) is 2. The molecule has 2 atom stereocenters. The molecular formula is C11H13NO2. The van der Waals surface area contributed by atoms with Gasteiger partial charge in [0.2, 0.25) is 0 Å². The third-order valence-electron chi connectivity index (χ3n) is 2.66. The maximum Gasteiger partial charge on any atom is 0.258 e. The molecular weight excluding hydrogens is 178 g/mol. The van der Waals surface area contributed by atoms with Gasteiger partial charge in [0, 0.05) is 11.1 Å². The van der Waals surface area contributed by atoms with Gasteiger partial charge < -0.3 is 0 Å². The summed E-state index contributed by atoms with van der Waals surface area (Å²) >= 11 is 0. The van der Waals surface area contributed by atoms with Crippen LogP contribution in [0.1, 0.15) is 20.3 Å². The van der Waals surface area contributed by atoms with E-state index in [0.29, 0.717) is 23.0 Å². The Labute approximate surface area is 82.9 Å². The smallest absolute Gasteiger partial charge is 0.258 e. The molecule has 0 aromatic heterocycles. The molecule has 1 aliphatic heterocycles. The minimum atomic E-state index is -0.225. The first-order chi connectivity index (χ1) is 6.75. The zero-order chi connectivity index (χ0) is 10.3. The Balaban J connectivity index is 0.000000354. The number of hydrogen-bond donors (Lipinski definition) is 1. The molecule has 2 fully saturated rings. The van der Waals surface area contributed by atoms with Crippen LogP contribution in [0.4, 0.5) is 0 Å². The van der Waals surface area contributed by atoms with Crippen molar-refractivity contribution in [2.45, 2.75) is 20.3 Å². The highest BCUT2D eigenvalue weighted by Crippen LogP contribution is 2.47. The Morgan fingerprint density at radius 2 is 1.50 bits per heavy atom. The number of nitrogens with one attached hydrogen (secondary N) is 1. The first kappa shape index (κ1) is 9.19. The summed E-state index contributed by atoms with van der Waals surface area (Å²) in [6.45, 7) is 4.00. The summed E-state index contributed by atoms with van der Waals surface area (Å²) in [5.41, 5.74) is 1.19. The van der Waals surface area contributed by atoms with Gasteiger partial charge in [0.15, 0.2) is 0 Å². The van der Waals surface area contributed by atoms with Crippen LogP contribution < -0.4 is 5.32 Å². The second-order valence-corrected chi connectivity index (χ2v) is 3.51. The van der Waals surface area contributed by atoms with Gasteiger partial charge in [-0.05, 0) is 18.3 Å². The predicted octanol–water partition coefficient (Wildman–Crippen LogP) is 1.17. The SMILES string of the molecule is CC.O=C1NC(=O)C2=CC3CC3C=C12. The van der Waals surface area contributed by atoms with Crippen molar-refractivity contribution in [3.63, 3.8) is 0 Å². The van der Waals surface area contributed by atoms with Crippen LogP contribution in [0.2, 0.25) is 0 Å². The quantitative estimate of drug-likeness (QED) is 0.584. The van der Waals surface area contributed by atoms with Crippen molar-refractivity contribution in [3.05, 3.63) is 23.3 Å². The van der Waals surface area contributed by atoms with Crippen molar-refractivity contribution in [2.75, 3.05) is 0 Å². The average Bonchev–Trinajstić information content (AvgIpc) is 2.91. The zero-order valence-corrected chi connectivity index (χ0v) is 8.33. The summed E-state index contributed by atoms with van der Waals surface area (Å²) in [4.78, 5) is 22.3. The van der Waals surface area contributed by atoms with Crippen molar-refractivity contribution in [2.24, 2.45) is 11.8 Å². The summed E-state index contributed by atoms with van der Waals surface area (Å²) in [6, 6.07) is 0. The summed E-state index contributed by atoms with van der Waals surface area (Å²) in [7, 11) is 0. The lowest BCUT2D eigenvalue weighted by atomic mass is 10.0. The molecule has 1 saturated heterocycles. The van der Waals surface area contributed by atoms with Crippen LogP contribution in [0.3, 0.4) is 0 Å².